The van der Waals surface area contributed by atoms with Gasteiger partial charge in [-0.25, -0.2) is 0 Å². The first-order valence-electron chi connectivity index (χ1n) is 12.0. The molecule has 4 rings (SSSR count). The van der Waals surface area contributed by atoms with Gasteiger partial charge >= 0.3 is 0 Å². The van der Waals surface area contributed by atoms with Gasteiger partial charge in [0.2, 0.25) is 5.91 Å². The Kier molecular flexibility index (Phi) is 7.70. The second-order valence-corrected chi connectivity index (χ2v) is 8.95. The monoisotopic (exact) mass is 477 g/mol. The average Bonchev–Trinajstić information content (AvgIpc) is 3.58. The Hall–Kier alpha value is -3.81. The third kappa shape index (κ3) is 5.82. The van der Waals surface area contributed by atoms with Gasteiger partial charge in [0.1, 0.15) is 5.76 Å². The van der Waals surface area contributed by atoms with Crippen molar-refractivity contribution in [2.75, 3.05) is 11.4 Å². The van der Waals surface area contributed by atoms with Gasteiger partial charge in [-0.15, -0.1) is 0 Å². The lowest BCUT2D eigenvalue weighted by Gasteiger charge is -2.32. The number of amides is 3. The maximum Gasteiger partial charge on any atom is 0.287 e. The summed E-state index contributed by atoms with van der Waals surface area (Å²) >= 11 is 0. The highest BCUT2D eigenvalue weighted by molar-refractivity contribution is 6.04. The highest BCUT2D eigenvalue weighted by Gasteiger charge is 2.36. The number of carbonyl (C=O) groups is 3. The standard InChI is InChI=1S/C27H31N3O5/c1-18-12-13-21(16-19(18)2)30(24(31)17-28-26(32)23-11-7-15-35-23)25(22-10-6-14-34-22)27(33)29-20-8-4-3-5-9-20/h6-7,10-16,20,25H,3-5,8-9,17H2,1-2H3,(H,28,32)(H,29,33). The van der Waals surface area contributed by atoms with Crippen molar-refractivity contribution < 1.29 is 23.2 Å². The summed E-state index contributed by atoms with van der Waals surface area (Å²) in [7, 11) is 0. The first kappa shape index (κ1) is 24.3. The summed E-state index contributed by atoms with van der Waals surface area (Å²) in [6, 6.07) is 11.1. The fourth-order valence-corrected chi connectivity index (χ4v) is 4.40. The molecule has 184 valence electrons. The van der Waals surface area contributed by atoms with Gasteiger partial charge in [-0.2, -0.15) is 0 Å². The molecule has 0 saturated heterocycles. The van der Waals surface area contributed by atoms with Gasteiger partial charge in [0, 0.05) is 11.7 Å². The molecule has 1 aliphatic carbocycles. The number of nitrogens with zero attached hydrogens (tertiary/aromatic N) is 1. The molecule has 1 unspecified atom stereocenters. The molecule has 1 saturated carbocycles. The molecule has 8 heteroatoms. The normalized spacial score (nSPS) is 14.8. The van der Waals surface area contributed by atoms with Crippen LogP contribution >= 0.6 is 0 Å². The molecule has 1 fully saturated rings. The Labute approximate surface area is 204 Å². The Balaban J connectivity index is 1.65. The predicted octanol–water partition coefficient (Wildman–Crippen LogP) is 4.44. The lowest BCUT2D eigenvalue weighted by molar-refractivity contribution is -0.127. The minimum absolute atomic E-state index is 0.0593. The Morgan fingerprint density at radius 3 is 2.37 bits per heavy atom. The largest absolute Gasteiger partial charge is 0.467 e. The molecule has 2 N–H and O–H groups in total. The number of carbonyl (C=O) groups excluding carboxylic acids is 3. The van der Waals surface area contributed by atoms with E-state index in [-0.39, 0.29) is 24.3 Å². The molecule has 3 aromatic rings. The number of nitrogens with one attached hydrogen (secondary N) is 2. The quantitative estimate of drug-likeness (QED) is 0.499. The third-order valence-electron chi connectivity index (χ3n) is 6.45. The van der Waals surface area contributed by atoms with Crippen LogP contribution in [0.5, 0.6) is 0 Å². The van der Waals surface area contributed by atoms with E-state index in [1.54, 1.807) is 24.3 Å². The van der Waals surface area contributed by atoms with E-state index in [1.165, 1.54) is 23.5 Å². The van der Waals surface area contributed by atoms with Gasteiger partial charge in [-0.3, -0.25) is 19.3 Å². The van der Waals surface area contributed by atoms with E-state index < -0.39 is 17.9 Å². The number of rotatable bonds is 8. The van der Waals surface area contributed by atoms with Crippen LogP contribution in [0.15, 0.2) is 63.8 Å². The lowest BCUT2D eigenvalue weighted by atomic mass is 9.95. The number of anilines is 1. The Morgan fingerprint density at radius 1 is 0.971 bits per heavy atom. The van der Waals surface area contributed by atoms with Gasteiger partial charge in [-0.1, -0.05) is 25.3 Å². The zero-order valence-electron chi connectivity index (χ0n) is 20.1. The molecule has 2 aromatic heterocycles. The van der Waals surface area contributed by atoms with E-state index in [0.717, 1.165) is 43.2 Å². The molecule has 35 heavy (non-hydrogen) atoms. The van der Waals surface area contributed by atoms with E-state index in [4.69, 9.17) is 8.83 Å². The van der Waals surface area contributed by atoms with E-state index >= 15 is 0 Å². The van der Waals surface area contributed by atoms with Crippen LogP contribution in [0.4, 0.5) is 5.69 Å². The van der Waals surface area contributed by atoms with Crippen LogP contribution in [0.1, 0.15) is 65.6 Å². The van der Waals surface area contributed by atoms with Gasteiger partial charge in [-0.05, 0) is 74.2 Å². The van der Waals surface area contributed by atoms with E-state index in [1.807, 2.05) is 26.0 Å². The minimum Gasteiger partial charge on any atom is -0.467 e. The van der Waals surface area contributed by atoms with Crippen molar-refractivity contribution in [2.45, 2.75) is 58.0 Å². The molecule has 0 bridgehead atoms. The van der Waals surface area contributed by atoms with Gasteiger partial charge in [0.05, 0.1) is 19.1 Å². The van der Waals surface area contributed by atoms with Crippen molar-refractivity contribution in [2.24, 2.45) is 0 Å². The molecule has 3 amide bonds. The molecule has 8 nitrogen and oxygen atoms in total. The van der Waals surface area contributed by atoms with Crippen LogP contribution in [-0.2, 0) is 9.59 Å². The molecule has 0 spiro atoms. The predicted molar refractivity (Wildman–Crippen MR) is 131 cm³/mol. The van der Waals surface area contributed by atoms with Crippen molar-refractivity contribution >= 4 is 23.4 Å². The smallest absolute Gasteiger partial charge is 0.287 e. The molecule has 1 atom stereocenters. The van der Waals surface area contributed by atoms with E-state index in [2.05, 4.69) is 10.6 Å². The van der Waals surface area contributed by atoms with Crippen molar-refractivity contribution in [3.05, 3.63) is 77.6 Å². The van der Waals surface area contributed by atoms with Crippen molar-refractivity contribution in [1.29, 1.82) is 0 Å². The van der Waals surface area contributed by atoms with E-state index in [0.29, 0.717) is 11.4 Å². The molecule has 2 heterocycles. The first-order valence-corrected chi connectivity index (χ1v) is 12.0. The zero-order chi connectivity index (χ0) is 24.8. The second kappa shape index (κ2) is 11.1. The van der Waals surface area contributed by atoms with Crippen LogP contribution in [0.3, 0.4) is 0 Å². The molecule has 0 aliphatic heterocycles. The van der Waals surface area contributed by atoms with Crippen LogP contribution in [0, 0.1) is 13.8 Å². The van der Waals surface area contributed by atoms with Gasteiger partial charge in [0.25, 0.3) is 11.8 Å². The van der Waals surface area contributed by atoms with Gasteiger partial charge in [0.15, 0.2) is 11.8 Å². The highest BCUT2D eigenvalue weighted by atomic mass is 16.3. The summed E-state index contributed by atoms with van der Waals surface area (Å²) in [5.74, 6) is -0.816. The number of aryl methyl sites for hydroxylation is 2. The van der Waals surface area contributed by atoms with E-state index in [9.17, 15) is 14.4 Å². The third-order valence-corrected chi connectivity index (χ3v) is 6.45. The maximum absolute atomic E-state index is 13.6. The highest BCUT2D eigenvalue weighted by Crippen LogP contribution is 2.30. The summed E-state index contributed by atoms with van der Waals surface area (Å²) in [6.07, 6.45) is 7.99. The van der Waals surface area contributed by atoms with Gasteiger partial charge < -0.3 is 19.5 Å². The fraction of sp³-hybridized carbons (Fsp3) is 0.370. The maximum atomic E-state index is 13.6. The number of furan rings is 2. The molecule has 0 radical (unpaired) electrons. The SMILES string of the molecule is Cc1ccc(N(C(=O)CNC(=O)c2ccco2)C(C(=O)NC2CCCCC2)c2ccco2)cc1C. The van der Waals surface area contributed by atoms with Crippen molar-refractivity contribution in [3.63, 3.8) is 0 Å². The van der Waals surface area contributed by atoms with Crippen molar-refractivity contribution in [1.82, 2.24) is 10.6 Å². The summed E-state index contributed by atoms with van der Waals surface area (Å²) < 4.78 is 10.8. The Bertz CT molecular complexity index is 1150. The topological polar surface area (TPSA) is 105 Å². The number of hydrogen-bond donors (Lipinski definition) is 2. The van der Waals surface area contributed by atoms with Crippen LogP contribution < -0.4 is 15.5 Å². The lowest BCUT2D eigenvalue weighted by Crippen LogP contribution is -2.49. The summed E-state index contributed by atoms with van der Waals surface area (Å²) in [5.41, 5.74) is 2.59. The zero-order valence-corrected chi connectivity index (χ0v) is 20.1. The average molecular weight is 478 g/mol. The fourth-order valence-electron chi connectivity index (χ4n) is 4.40. The number of hydrogen-bond acceptors (Lipinski definition) is 5. The molecule has 1 aromatic carbocycles. The minimum atomic E-state index is -1.03. The molecular formula is C27H31N3O5. The molecular weight excluding hydrogens is 446 g/mol. The summed E-state index contributed by atoms with van der Waals surface area (Å²) in [4.78, 5) is 41.0. The summed E-state index contributed by atoms with van der Waals surface area (Å²) in [5, 5.41) is 5.73. The summed E-state index contributed by atoms with van der Waals surface area (Å²) in [6.45, 7) is 3.61. The van der Waals surface area contributed by atoms with Crippen molar-refractivity contribution in [3.8, 4) is 0 Å². The molecule has 1 aliphatic rings. The van der Waals surface area contributed by atoms with Crippen LogP contribution in [0.25, 0.3) is 0 Å². The first-order chi connectivity index (χ1) is 16.9. The van der Waals surface area contributed by atoms with Crippen LogP contribution in [-0.4, -0.2) is 30.3 Å². The number of benzene rings is 1. The van der Waals surface area contributed by atoms with Crippen LogP contribution in [0.2, 0.25) is 0 Å². The Morgan fingerprint density at radius 2 is 1.71 bits per heavy atom. The second-order valence-electron chi connectivity index (χ2n) is 8.95.